The fraction of sp³-hybridized carbons (Fsp3) is 0.344. The molecule has 1 fully saturated rings. The molecule has 1 atom stereocenters. The van der Waals surface area contributed by atoms with Crippen LogP contribution in [0, 0.1) is 5.82 Å². The number of benzene rings is 3. The van der Waals surface area contributed by atoms with Gasteiger partial charge in [0, 0.05) is 37.4 Å². The van der Waals surface area contributed by atoms with Crippen molar-refractivity contribution in [3.8, 4) is 11.1 Å². The number of nitrogens with one attached hydrogen (secondary N) is 3. The summed E-state index contributed by atoms with van der Waals surface area (Å²) in [5.74, 6) is -1.08. The molecule has 10 heteroatoms. The van der Waals surface area contributed by atoms with E-state index in [2.05, 4.69) is 16.0 Å². The summed E-state index contributed by atoms with van der Waals surface area (Å²) in [5, 5.41) is 9.10. The summed E-state index contributed by atoms with van der Waals surface area (Å²) in [4.78, 5) is 42.6. The van der Waals surface area contributed by atoms with Crippen LogP contribution in [0.5, 0.6) is 0 Å². The number of rotatable bonds is 6. The van der Waals surface area contributed by atoms with E-state index in [9.17, 15) is 18.8 Å². The van der Waals surface area contributed by atoms with Gasteiger partial charge in [-0.25, -0.2) is 9.18 Å². The summed E-state index contributed by atoms with van der Waals surface area (Å²) in [6.45, 7) is 6.26. The smallest absolute Gasteiger partial charge is 0.321 e. The Kier molecular flexibility index (Phi) is 8.56. The molecule has 42 heavy (non-hydrogen) atoms. The van der Waals surface area contributed by atoms with Crippen molar-refractivity contribution >= 4 is 29.2 Å². The number of nitrogens with two attached hydrogens (primary N) is 1. The minimum absolute atomic E-state index is 0.130. The van der Waals surface area contributed by atoms with E-state index in [0.29, 0.717) is 42.9 Å². The monoisotopic (exact) mass is 572 g/mol. The quantitative estimate of drug-likeness (QED) is 0.360. The van der Waals surface area contributed by atoms with E-state index >= 15 is 0 Å². The Labute approximate surface area is 245 Å². The van der Waals surface area contributed by atoms with Gasteiger partial charge in [-0.05, 0) is 67.6 Å². The van der Waals surface area contributed by atoms with Gasteiger partial charge in [-0.1, -0.05) is 42.5 Å². The summed E-state index contributed by atoms with van der Waals surface area (Å²) in [5.41, 5.74) is 9.51. The number of halogens is 1. The van der Waals surface area contributed by atoms with Crippen LogP contribution in [0.2, 0.25) is 0 Å². The summed E-state index contributed by atoms with van der Waals surface area (Å²) in [7, 11) is 0. The molecule has 0 spiro atoms. The second kappa shape index (κ2) is 12.3. The fourth-order valence-electron chi connectivity index (χ4n) is 5.27. The third-order valence-electron chi connectivity index (χ3n) is 7.67. The maximum atomic E-state index is 14.1. The van der Waals surface area contributed by atoms with Crippen molar-refractivity contribution in [3.63, 3.8) is 0 Å². The van der Waals surface area contributed by atoms with Gasteiger partial charge in [-0.3, -0.25) is 9.59 Å². The van der Waals surface area contributed by atoms with Crippen LogP contribution in [-0.4, -0.2) is 60.5 Å². The van der Waals surface area contributed by atoms with Gasteiger partial charge in [0.05, 0.1) is 17.8 Å². The molecule has 1 saturated heterocycles. The Morgan fingerprint density at radius 1 is 1.05 bits per heavy atom. The first-order chi connectivity index (χ1) is 20.1. The molecule has 0 aliphatic carbocycles. The molecule has 5 rings (SSSR count). The maximum absolute atomic E-state index is 14.1. The summed E-state index contributed by atoms with van der Waals surface area (Å²) < 4.78 is 14.1. The lowest BCUT2D eigenvalue weighted by Crippen LogP contribution is -2.56. The zero-order valence-corrected chi connectivity index (χ0v) is 24.0. The van der Waals surface area contributed by atoms with Gasteiger partial charge in [0.15, 0.2) is 0 Å². The number of fused-ring (bicyclic) bond motifs is 1. The summed E-state index contributed by atoms with van der Waals surface area (Å²) >= 11 is 0. The van der Waals surface area contributed by atoms with Gasteiger partial charge in [0.25, 0.3) is 0 Å². The first kappa shape index (κ1) is 29.2. The van der Waals surface area contributed by atoms with E-state index in [-0.39, 0.29) is 24.3 Å². The van der Waals surface area contributed by atoms with Crippen molar-refractivity contribution in [2.75, 3.05) is 36.4 Å². The van der Waals surface area contributed by atoms with Gasteiger partial charge in [0.2, 0.25) is 11.8 Å². The number of nitrogens with zero attached hydrogens (tertiary/aromatic N) is 2. The van der Waals surface area contributed by atoms with Crippen molar-refractivity contribution < 1.29 is 18.8 Å². The van der Waals surface area contributed by atoms with Crippen LogP contribution in [0.3, 0.4) is 0 Å². The molecule has 0 aromatic heterocycles. The molecule has 0 saturated carbocycles. The number of piperazine rings is 1. The molecule has 2 heterocycles. The standard InChI is InChI=1S/C32H37FN6O3/c1-32(2,34)30(41)36-27-13-11-23-19-24(33)12-14-28(23)39(29(27)40)20-21-7-9-22(10-8-21)25-5-3-4-6-26(25)37-31(42)38-17-15-35-16-18-38/h3-10,12,14,19,27,35H,11,13,15-18,20,34H2,1-2H3,(H,36,41)(H,37,42)/t27-/m1/s1. The van der Waals surface area contributed by atoms with Crippen LogP contribution in [0.1, 0.15) is 31.4 Å². The van der Waals surface area contributed by atoms with Crippen molar-refractivity contribution in [2.24, 2.45) is 5.73 Å². The second-order valence-electron chi connectivity index (χ2n) is 11.4. The van der Waals surface area contributed by atoms with Gasteiger partial charge >= 0.3 is 6.03 Å². The van der Waals surface area contributed by atoms with Crippen LogP contribution in [0.25, 0.3) is 11.1 Å². The van der Waals surface area contributed by atoms with Crippen LogP contribution < -0.4 is 26.6 Å². The average molecular weight is 573 g/mol. The third-order valence-corrected chi connectivity index (χ3v) is 7.67. The van der Waals surface area contributed by atoms with E-state index in [4.69, 9.17) is 5.73 Å². The van der Waals surface area contributed by atoms with Gasteiger partial charge < -0.3 is 31.5 Å². The van der Waals surface area contributed by atoms with Crippen LogP contribution in [0.4, 0.5) is 20.6 Å². The summed E-state index contributed by atoms with van der Waals surface area (Å²) in [6, 6.07) is 18.9. The molecular weight excluding hydrogens is 535 g/mol. The van der Waals surface area contributed by atoms with Crippen LogP contribution in [-0.2, 0) is 22.6 Å². The molecule has 5 N–H and O–H groups in total. The molecule has 2 aliphatic rings. The highest BCUT2D eigenvalue weighted by Crippen LogP contribution is 2.32. The third kappa shape index (κ3) is 6.61. The van der Waals surface area contributed by atoms with Crippen LogP contribution in [0.15, 0.2) is 66.7 Å². The van der Waals surface area contributed by atoms with Crippen molar-refractivity contribution in [1.82, 2.24) is 15.5 Å². The molecule has 220 valence electrons. The zero-order chi connectivity index (χ0) is 29.9. The molecule has 9 nitrogen and oxygen atoms in total. The number of aryl methyl sites for hydroxylation is 1. The first-order valence-corrected chi connectivity index (χ1v) is 14.2. The SMILES string of the molecule is CC(C)(N)C(=O)N[C@@H]1CCc2cc(F)ccc2N(Cc2ccc(-c3ccccc3NC(=O)N3CCNCC3)cc2)C1=O. The zero-order valence-electron chi connectivity index (χ0n) is 24.0. The number of urea groups is 1. The summed E-state index contributed by atoms with van der Waals surface area (Å²) in [6.07, 6.45) is 0.768. The lowest BCUT2D eigenvalue weighted by Gasteiger charge is -2.28. The predicted molar refractivity (Wildman–Crippen MR) is 161 cm³/mol. The highest BCUT2D eigenvalue weighted by atomic mass is 19.1. The fourth-order valence-corrected chi connectivity index (χ4v) is 5.27. The van der Waals surface area contributed by atoms with Crippen molar-refractivity contribution in [3.05, 3.63) is 83.7 Å². The Hall–Kier alpha value is -4.28. The number of hydrogen-bond acceptors (Lipinski definition) is 5. The first-order valence-electron chi connectivity index (χ1n) is 14.2. The van der Waals surface area contributed by atoms with Gasteiger partial charge in [0.1, 0.15) is 11.9 Å². The number of para-hydroxylation sites is 1. The molecule has 4 amide bonds. The molecule has 3 aromatic rings. The van der Waals surface area contributed by atoms with Gasteiger partial charge in [-0.2, -0.15) is 0 Å². The Balaban J connectivity index is 1.37. The second-order valence-corrected chi connectivity index (χ2v) is 11.4. The van der Waals surface area contributed by atoms with Crippen LogP contribution >= 0.6 is 0 Å². The molecule has 0 radical (unpaired) electrons. The number of carbonyl (C=O) groups is 3. The number of hydrogen-bond donors (Lipinski definition) is 4. The van der Waals surface area contributed by atoms with Crippen molar-refractivity contribution in [1.29, 1.82) is 0 Å². The molecule has 0 bridgehead atoms. The van der Waals surface area contributed by atoms with E-state index < -0.39 is 17.5 Å². The number of anilines is 2. The van der Waals surface area contributed by atoms with E-state index in [0.717, 1.165) is 29.8 Å². The van der Waals surface area contributed by atoms with Gasteiger partial charge in [-0.15, -0.1) is 0 Å². The predicted octanol–water partition coefficient (Wildman–Crippen LogP) is 3.63. The van der Waals surface area contributed by atoms with E-state index in [1.165, 1.54) is 12.1 Å². The highest BCUT2D eigenvalue weighted by Gasteiger charge is 2.34. The molecule has 2 aliphatic heterocycles. The number of amides is 4. The minimum Gasteiger partial charge on any atom is -0.343 e. The highest BCUT2D eigenvalue weighted by molar-refractivity contribution is 6.01. The Morgan fingerprint density at radius 3 is 2.48 bits per heavy atom. The maximum Gasteiger partial charge on any atom is 0.321 e. The lowest BCUT2D eigenvalue weighted by molar-refractivity contribution is -0.130. The largest absolute Gasteiger partial charge is 0.343 e. The normalized spacial score (nSPS) is 17.3. The Morgan fingerprint density at radius 2 is 1.76 bits per heavy atom. The molecular formula is C32H37FN6O3. The lowest BCUT2D eigenvalue weighted by atomic mass is 10.0. The topological polar surface area (TPSA) is 120 Å². The van der Waals surface area contributed by atoms with E-state index in [1.54, 1.807) is 29.7 Å². The minimum atomic E-state index is -1.15. The Bertz CT molecular complexity index is 1460. The van der Waals surface area contributed by atoms with E-state index in [1.807, 2.05) is 48.5 Å². The van der Waals surface area contributed by atoms with Crippen molar-refractivity contribution in [2.45, 2.75) is 44.8 Å². The number of carbonyl (C=O) groups excluding carboxylic acids is 3. The average Bonchev–Trinajstić information content (AvgIpc) is 3.10. The molecule has 3 aromatic carbocycles. The molecule has 0 unspecified atom stereocenters.